The monoisotopic (exact) mass is 216 g/mol. The van der Waals surface area contributed by atoms with E-state index >= 15 is 0 Å². The summed E-state index contributed by atoms with van der Waals surface area (Å²) >= 11 is 0. The van der Waals surface area contributed by atoms with Gasteiger partial charge in [0, 0.05) is 6.20 Å². The second-order valence-electron chi connectivity index (χ2n) is 3.84. The highest BCUT2D eigenvalue weighted by Gasteiger charge is 2.24. The molecule has 0 fully saturated rings. The number of pyridine rings is 1. The summed E-state index contributed by atoms with van der Waals surface area (Å²) in [7, 11) is 0. The van der Waals surface area contributed by atoms with E-state index < -0.39 is 0 Å². The third kappa shape index (κ3) is 1.29. The van der Waals surface area contributed by atoms with Gasteiger partial charge in [0.2, 0.25) is 0 Å². The summed E-state index contributed by atoms with van der Waals surface area (Å²) in [6, 6.07) is 3.75. The zero-order valence-corrected chi connectivity index (χ0v) is 8.90. The van der Waals surface area contributed by atoms with E-state index in [0.717, 1.165) is 22.8 Å². The van der Waals surface area contributed by atoms with Crippen molar-refractivity contribution in [2.45, 2.75) is 19.6 Å². The van der Waals surface area contributed by atoms with Gasteiger partial charge in [-0.2, -0.15) is 0 Å². The van der Waals surface area contributed by atoms with Crippen molar-refractivity contribution in [1.29, 1.82) is 0 Å². The quantitative estimate of drug-likeness (QED) is 0.759. The van der Waals surface area contributed by atoms with Crippen molar-refractivity contribution < 1.29 is 4.74 Å². The molecule has 2 aromatic heterocycles. The van der Waals surface area contributed by atoms with Crippen molar-refractivity contribution in [1.82, 2.24) is 15.0 Å². The van der Waals surface area contributed by atoms with Gasteiger partial charge in [-0.15, -0.1) is 0 Å². The number of anilines is 1. The number of fused-ring (bicyclic) bond motifs is 1. The molecule has 3 heterocycles. The number of aromatic amines is 1. The topological polar surface area (TPSA) is 76.8 Å². The summed E-state index contributed by atoms with van der Waals surface area (Å²) in [5.74, 6) is 1.26. The van der Waals surface area contributed by atoms with Crippen LogP contribution in [0.1, 0.15) is 24.4 Å². The van der Waals surface area contributed by atoms with E-state index in [1.807, 2.05) is 19.1 Å². The molecule has 5 heteroatoms. The van der Waals surface area contributed by atoms with Gasteiger partial charge in [-0.3, -0.25) is 0 Å². The molecule has 1 atom stereocenters. The summed E-state index contributed by atoms with van der Waals surface area (Å²) in [6.45, 7) is 2.58. The number of H-pyrrole nitrogens is 1. The molecule has 1 aliphatic rings. The fourth-order valence-corrected chi connectivity index (χ4v) is 1.90. The molecule has 0 bridgehead atoms. The molecule has 16 heavy (non-hydrogen) atoms. The predicted octanol–water partition coefficient (Wildman–Crippen LogP) is 1.65. The largest absolute Gasteiger partial charge is 0.383 e. The van der Waals surface area contributed by atoms with E-state index in [4.69, 9.17) is 10.5 Å². The molecule has 3 N–H and O–H groups in total. The Morgan fingerprint density at radius 1 is 1.56 bits per heavy atom. The van der Waals surface area contributed by atoms with Crippen molar-refractivity contribution in [3.63, 3.8) is 0 Å². The van der Waals surface area contributed by atoms with Gasteiger partial charge in [0.05, 0.1) is 29.7 Å². The van der Waals surface area contributed by atoms with Crippen molar-refractivity contribution in [2.24, 2.45) is 0 Å². The maximum absolute atomic E-state index is 5.80. The van der Waals surface area contributed by atoms with E-state index in [1.165, 1.54) is 0 Å². The SMILES string of the molecule is CC1OCc2[nH]c(-c3cccnc3N)nc21. The van der Waals surface area contributed by atoms with E-state index in [-0.39, 0.29) is 6.10 Å². The molecule has 82 valence electrons. The molecule has 0 aliphatic carbocycles. The fraction of sp³-hybridized carbons (Fsp3) is 0.273. The van der Waals surface area contributed by atoms with Crippen LogP contribution >= 0.6 is 0 Å². The molecule has 0 radical (unpaired) electrons. The lowest BCUT2D eigenvalue weighted by Gasteiger charge is -2.02. The van der Waals surface area contributed by atoms with Gasteiger partial charge in [0.15, 0.2) is 0 Å². The van der Waals surface area contributed by atoms with Crippen LogP contribution in [0, 0.1) is 0 Å². The minimum Gasteiger partial charge on any atom is -0.383 e. The van der Waals surface area contributed by atoms with Crippen LogP contribution in [0.2, 0.25) is 0 Å². The van der Waals surface area contributed by atoms with Crippen molar-refractivity contribution >= 4 is 5.82 Å². The van der Waals surface area contributed by atoms with Gasteiger partial charge in [0.1, 0.15) is 11.6 Å². The maximum atomic E-state index is 5.80. The molecular formula is C11H12N4O. The Morgan fingerprint density at radius 2 is 2.44 bits per heavy atom. The highest BCUT2D eigenvalue weighted by Crippen LogP contribution is 2.31. The molecule has 2 aromatic rings. The lowest BCUT2D eigenvalue weighted by molar-refractivity contribution is 0.0762. The molecule has 3 rings (SSSR count). The lowest BCUT2D eigenvalue weighted by atomic mass is 10.2. The van der Waals surface area contributed by atoms with Crippen LogP contribution in [0.4, 0.5) is 5.82 Å². The van der Waals surface area contributed by atoms with Crippen LogP contribution in [-0.4, -0.2) is 15.0 Å². The number of aromatic nitrogens is 3. The number of ether oxygens (including phenoxy) is 1. The zero-order valence-electron chi connectivity index (χ0n) is 8.90. The van der Waals surface area contributed by atoms with Gasteiger partial charge in [-0.25, -0.2) is 9.97 Å². The van der Waals surface area contributed by atoms with E-state index in [1.54, 1.807) is 6.20 Å². The minimum absolute atomic E-state index is 0.0536. The number of nitrogen functional groups attached to an aromatic ring is 1. The second-order valence-corrected chi connectivity index (χ2v) is 3.84. The lowest BCUT2D eigenvalue weighted by Crippen LogP contribution is -1.96. The molecular weight excluding hydrogens is 204 g/mol. The fourth-order valence-electron chi connectivity index (χ4n) is 1.90. The number of hydrogen-bond acceptors (Lipinski definition) is 4. The normalized spacial score (nSPS) is 18.7. The predicted molar refractivity (Wildman–Crippen MR) is 59.4 cm³/mol. The molecule has 0 saturated heterocycles. The molecule has 1 unspecified atom stereocenters. The van der Waals surface area contributed by atoms with E-state index in [2.05, 4.69) is 15.0 Å². The first-order valence-corrected chi connectivity index (χ1v) is 5.17. The highest BCUT2D eigenvalue weighted by molar-refractivity contribution is 5.68. The number of nitrogens with two attached hydrogens (primary N) is 1. The Morgan fingerprint density at radius 3 is 3.19 bits per heavy atom. The average Bonchev–Trinajstić information content (AvgIpc) is 2.82. The van der Waals surface area contributed by atoms with Crippen molar-refractivity contribution in [2.75, 3.05) is 5.73 Å². The molecule has 0 spiro atoms. The Hall–Kier alpha value is -1.88. The van der Waals surface area contributed by atoms with Gasteiger partial charge in [-0.1, -0.05) is 0 Å². The van der Waals surface area contributed by atoms with Crippen LogP contribution in [0.3, 0.4) is 0 Å². The number of hydrogen-bond donors (Lipinski definition) is 2. The van der Waals surface area contributed by atoms with Gasteiger partial charge in [0.25, 0.3) is 0 Å². The highest BCUT2D eigenvalue weighted by atomic mass is 16.5. The summed E-state index contributed by atoms with van der Waals surface area (Å²) in [5, 5.41) is 0. The van der Waals surface area contributed by atoms with Crippen molar-refractivity contribution in [3.8, 4) is 11.4 Å². The number of rotatable bonds is 1. The first kappa shape index (κ1) is 9.35. The van der Waals surface area contributed by atoms with Crippen LogP contribution in [0.5, 0.6) is 0 Å². The van der Waals surface area contributed by atoms with E-state index in [0.29, 0.717) is 12.4 Å². The van der Waals surface area contributed by atoms with E-state index in [9.17, 15) is 0 Å². The smallest absolute Gasteiger partial charge is 0.141 e. The first-order valence-electron chi connectivity index (χ1n) is 5.17. The van der Waals surface area contributed by atoms with Crippen LogP contribution < -0.4 is 5.73 Å². The average molecular weight is 216 g/mol. The zero-order chi connectivity index (χ0) is 11.1. The van der Waals surface area contributed by atoms with Gasteiger partial charge >= 0.3 is 0 Å². The van der Waals surface area contributed by atoms with Gasteiger partial charge < -0.3 is 15.5 Å². The molecule has 1 aliphatic heterocycles. The molecule has 5 nitrogen and oxygen atoms in total. The standard InChI is InChI=1S/C11H12N4O/c1-6-9-8(5-16-6)14-11(15-9)7-3-2-4-13-10(7)12/h2-4,6H,5H2,1H3,(H2,12,13)(H,14,15). The Kier molecular flexibility index (Phi) is 1.94. The summed E-state index contributed by atoms with van der Waals surface area (Å²) < 4.78 is 5.44. The third-order valence-electron chi connectivity index (χ3n) is 2.77. The Bertz CT molecular complexity index is 535. The van der Waals surface area contributed by atoms with Gasteiger partial charge in [-0.05, 0) is 19.1 Å². The van der Waals surface area contributed by atoms with Crippen molar-refractivity contribution in [3.05, 3.63) is 29.7 Å². The summed E-state index contributed by atoms with van der Waals surface area (Å²) in [5.41, 5.74) is 8.64. The number of nitrogens with zero attached hydrogens (tertiary/aromatic N) is 2. The second kappa shape index (κ2) is 3.31. The number of imidazole rings is 1. The first-order chi connectivity index (χ1) is 7.75. The Labute approximate surface area is 92.7 Å². The van der Waals surface area contributed by atoms with Crippen LogP contribution in [-0.2, 0) is 11.3 Å². The molecule has 0 saturated carbocycles. The minimum atomic E-state index is 0.0536. The maximum Gasteiger partial charge on any atom is 0.141 e. The summed E-state index contributed by atoms with van der Waals surface area (Å²) in [6.07, 6.45) is 1.72. The summed E-state index contributed by atoms with van der Waals surface area (Å²) in [4.78, 5) is 11.8. The molecule has 0 aromatic carbocycles. The van der Waals surface area contributed by atoms with Crippen LogP contribution in [0.25, 0.3) is 11.4 Å². The number of nitrogens with one attached hydrogen (secondary N) is 1. The molecule has 0 amide bonds. The Balaban J connectivity index is 2.09. The third-order valence-corrected chi connectivity index (χ3v) is 2.77. The van der Waals surface area contributed by atoms with Crippen LogP contribution in [0.15, 0.2) is 18.3 Å².